The lowest BCUT2D eigenvalue weighted by Gasteiger charge is -2.36. The van der Waals surface area contributed by atoms with Gasteiger partial charge in [-0.1, -0.05) is 0 Å². The van der Waals surface area contributed by atoms with E-state index in [9.17, 15) is 4.79 Å². The minimum atomic E-state index is 0.0898. The molecule has 5 heteroatoms. The van der Waals surface area contributed by atoms with E-state index in [4.69, 9.17) is 5.26 Å². The number of nitrogens with zero attached hydrogens (tertiary/aromatic N) is 4. The number of aromatic nitrogens is 1. The van der Waals surface area contributed by atoms with Crippen LogP contribution in [0.2, 0.25) is 0 Å². The fourth-order valence-electron chi connectivity index (χ4n) is 2.76. The number of benzene rings is 1. The Labute approximate surface area is 130 Å². The standard InChI is InChI=1S/C17H18N4O/c1-19-8-2-3-16(19)17(22)21-11-9-20(10-12-21)15-6-4-14(13-18)5-7-15/h2-8H,9-12H2,1H3. The third-order valence-corrected chi connectivity index (χ3v) is 4.09. The Bertz CT molecular complexity index is 703. The third-order valence-electron chi connectivity index (χ3n) is 4.09. The first-order valence-electron chi connectivity index (χ1n) is 7.35. The molecule has 0 atom stereocenters. The first-order valence-corrected chi connectivity index (χ1v) is 7.35. The van der Waals surface area contributed by atoms with Crippen LogP contribution in [0.3, 0.4) is 0 Å². The lowest BCUT2D eigenvalue weighted by Crippen LogP contribution is -2.49. The molecule has 112 valence electrons. The normalized spacial score (nSPS) is 14.7. The molecule has 5 nitrogen and oxygen atoms in total. The van der Waals surface area contributed by atoms with Crippen molar-refractivity contribution in [1.29, 1.82) is 5.26 Å². The van der Waals surface area contributed by atoms with Gasteiger partial charge >= 0.3 is 0 Å². The first kappa shape index (κ1) is 14.2. The molecule has 1 aromatic heterocycles. The van der Waals surface area contributed by atoms with E-state index in [0.29, 0.717) is 18.7 Å². The van der Waals surface area contributed by atoms with Crippen molar-refractivity contribution in [1.82, 2.24) is 9.47 Å². The molecule has 1 aliphatic rings. The van der Waals surface area contributed by atoms with Crippen molar-refractivity contribution in [2.24, 2.45) is 7.05 Å². The zero-order valence-electron chi connectivity index (χ0n) is 12.6. The topological polar surface area (TPSA) is 52.3 Å². The van der Waals surface area contributed by atoms with Crippen molar-refractivity contribution in [3.8, 4) is 6.07 Å². The Morgan fingerprint density at radius 3 is 2.32 bits per heavy atom. The van der Waals surface area contributed by atoms with Crippen LogP contribution in [-0.2, 0) is 7.05 Å². The molecule has 0 saturated carbocycles. The molecule has 2 aromatic rings. The van der Waals surface area contributed by atoms with Crippen molar-refractivity contribution in [3.05, 3.63) is 53.9 Å². The van der Waals surface area contributed by atoms with Gasteiger partial charge in [0.2, 0.25) is 0 Å². The number of carbonyl (C=O) groups excluding carboxylic acids is 1. The first-order chi connectivity index (χ1) is 10.7. The number of anilines is 1. The highest BCUT2D eigenvalue weighted by Gasteiger charge is 2.23. The molecule has 1 amide bonds. The summed E-state index contributed by atoms with van der Waals surface area (Å²) in [4.78, 5) is 16.6. The average molecular weight is 294 g/mol. The van der Waals surface area contributed by atoms with Crippen LogP contribution < -0.4 is 4.90 Å². The van der Waals surface area contributed by atoms with E-state index in [-0.39, 0.29) is 5.91 Å². The molecule has 0 unspecified atom stereocenters. The minimum Gasteiger partial charge on any atom is -0.368 e. The lowest BCUT2D eigenvalue weighted by atomic mass is 10.2. The second-order valence-corrected chi connectivity index (χ2v) is 5.44. The fourth-order valence-corrected chi connectivity index (χ4v) is 2.76. The third kappa shape index (κ3) is 2.68. The zero-order chi connectivity index (χ0) is 15.5. The van der Waals surface area contributed by atoms with Gasteiger partial charge in [0.1, 0.15) is 5.69 Å². The Morgan fingerprint density at radius 2 is 1.77 bits per heavy atom. The lowest BCUT2D eigenvalue weighted by molar-refractivity contribution is 0.0737. The maximum atomic E-state index is 12.5. The highest BCUT2D eigenvalue weighted by Crippen LogP contribution is 2.18. The maximum Gasteiger partial charge on any atom is 0.270 e. The van der Waals surface area contributed by atoms with Gasteiger partial charge in [0.15, 0.2) is 0 Å². The number of hydrogen-bond donors (Lipinski definition) is 0. The summed E-state index contributed by atoms with van der Waals surface area (Å²) >= 11 is 0. The Morgan fingerprint density at radius 1 is 1.09 bits per heavy atom. The smallest absolute Gasteiger partial charge is 0.270 e. The number of rotatable bonds is 2. The van der Waals surface area contributed by atoms with Gasteiger partial charge in [-0.3, -0.25) is 4.79 Å². The number of piperazine rings is 1. The Hall–Kier alpha value is -2.74. The van der Waals surface area contributed by atoms with Crippen LogP contribution in [0.15, 0.2) is 42.6 Å². The Kier molecular flexibility index (Phi) is 3.84. The van der Waals surface area contributed by atoms with E-state index >= 15 is 0 Å². The molecule has 0 spiro atoms. The molecule has 1 aliphatic heterocycles. The summed E-state index contributed by atoms with van der Waals surface area (Å²) in [6, 6.07) is 13.5. The summed E-state index contributed by atoms with van der Waals surface area (Å²) in [5.74, 6) is 0.0898. The van der Waals surface area contributed by atoms with Crippen LogP contribution in [0.5, 0.6) is 0 Å². The van der Waals surface area contributed by atoms with Crippen LogP contribution in [0.25, 0.3) is 0 Å². The second-order valence-electron chi connectivity index (χ2n) is 5.44. The molecule has 1 saturated heterocycles. The van der Waals surface area contributed by atoms with Crippen LogP contribution in [0.1, 0.15) is 16.1 Å². The van der Waals surface area contributed by atoms with Crippen molar-refractivity contribution < 1.29 is 4.79 Å². The number of aryl methyl sites for hydroxylation is 1. The minimum absolute atomic E-state index is 0.0898. The predicted octanol–water partition coefficient (Wildman–Crippen LogP) is 1.86. The van der Waals surface area contributed by atoms with Gasteiger partial charge in [-0.15, -0.1) is 0 Å². The van der Waals surface area contributed by atoms with Crippen molar-refractivity contribution >= 4 is 11.6 Å². The van der Waals surface area contributed by atoms with Crippen LogP contribution in [0, 0.1) is 11.3 Å². The summed E-state index contributed by atoms with van der Waals surface area (Å²) in [6.45, 7) is 3.04. The van der Waals surface area contributed by atoms with E-state index in [1.807, 2.05) is 59.1 Å². The molecule has 1 aromatic carbocycles. The molecular formula is C17H18N4O. The van der Waals surface area contributed by atoms with Gasteiger partial charge in [0, 0.05) is 45.1 Å². The maximum absolute atomic E-state index is 12.5. The van der Waals surface area contributed by atoms with E-state index in [0.717, 1.165) is 24.5 Å². The van der Waals surface area contributed by atoms with Gasteiger partial charge in [-0.25, -0.2) is 0 Å². The largest absolute Gasteiger partial charge is 0.368 e. The molecule has 0 bridgehead atoms. The quantitative estimate of drug-likeness (QED) is 0.849. The second kappa shape index (κ2) is 5.94. The van der Waals surface area contributed by atoms with E-state index in [1.54, 1.807) is 0 Å². The van der Waals surface area contributed by atoms with E-state index in [1.165, 1.54) is 0 Å². The summed E-state index contributed by atoms with van der Waals surface area (Å²) in [6.07, 6.45) is 1.89. The van der Waals surface area contributed by atoms with Crippen molar-refractivity contribution in [3.63, 3.8) is 0 Å². The molecular weight excluding hydrogens is 276 g/mol. The SMILES string of the molecule is Cn1cccc1C(=O)N1CCN(c2ccc(C#N)cc2)CC1. The van der Waals surface area contributed by atoms with Gasteiger partial charge < -0.3 is 14.4 Å². The van der Waals surface area contributed by atoms with E-state index in [2.05, 4.69) is 11.0 Å². The molecule has 0 radical (unpaired) electrons. The highest BCUT2D eigenvalue weighted by atomic mass is 16.2. The van der Waals surface area contributed by atoms with Crippen LogP contribution >= 0.6 is 0 Å². The monoisotopic (exact) mass is 294 g/mol. The van der Waals surface area contributed by atoms with Gasteiger partial charge in [0.25, 0.3) is 5.91 Å². The van der Waals surface area contributed by atoms with Gasteiger partial charge in [-0.2, -0.15) is 5.26 Å². The molecule has 0 aliphatic carbocycles. The average Bonchev–Trinajstić information content (AvgIpc) is 3.00. The molecule has 3 rings (SSSR count). The number of hydrogen-bond acceptors (Lipinski definition) is 3. The fraction of sp³-hybridized carbons (Fsp3) is 0.294. The van der Waals surface area contributed by atoms with Gasteiger partial charge in [-0.05, 0) is 36.4 Å². The predicted molar refractivity (Wildman–Crippen MR) is 84.7 cm³/mol. The molecule has 2 heterocycles. The van der Waals surface area contributed by atoms with Crippen LogP contribution in [-0.4, -0.2) is 41.6 Å². The highest BCUT2D eigenvalue weighted by molar-refractivity contribution is 5.92. The van der Waals surface area contributed by atoms with Crippen LogP contribution in [0.4, 0.5) is 5.69 Å². The summed E-state index contributed by atoms with van der Waals surface area (Å²) in [5, 5.41) is 8.84. The van der Waals surface area contributed by atoms with Crippen molar-refractivity contribution in [2.45, 2.75) is 0 Å². The summed E-state index contributed by atoms with van der Waals surface area (Å²) in [7, 11) is 1.89. The number of carbonyl (C=O) groups is 1. The van der Waals surface area contributed by atoms with Crippen molar-refractivity contribution in [2.75, 3.05) is 31.1 Å². The summed E-state index contributed by atoms with van der Waals surface area (Å²) < 4.78 is 1.86. The zero-order valence-corrected chi connectivity index (χ0v) is 12.6. The summed E-state index contributed by atoms with van der Waals surface area (Å²) in [5.41, 5.74) is 2.50. The van der Waals surface area contributed by atoms with Gasteiger partial charge in [0.05, 0.1) is 11.6 Å². The van der Waals surface area contributed by atoms with E-state index < -0.39 is 0 Å². The molecule has 1 fully saturated rings. The molecule has 22 heavy (non-hydrogen) atoms. The number of amides is 1. The number of nitriles is 1. The Balaban J connectivity index is 1.64. The molecule has 0 N–H and O–H groups in total.